The maximum atomic E-state index is 13.0. The van der Waals surface area contributed by atoms with Crippen LogP contribution in [-0.4, -0.2) is 0 Å². The number of rotatable bonds is 2. The van der Waals surface area contributed by atoms with Crippen LogP contribution in [0, 0.1) is 9.39 Å². The first-order valence-corrected chi connectivity index (χ1v) is 6.82. The Labute approximate surface area is 123 Å². The summed E-state index contributed by atoms with van der Waals surface area (Å²) in [6, 6.07) is 11.9. The van der Waals surface area contributed by atoms with Crippen LogP contribution in [0.3, 0.4) is 0 Å². The van der Waals surface area contributed by atoms with E-state index >= 15 is 0 Å². The summed E-state index contributed by atoms with van der Waals surface area (Å²) < 4.78 is 13.8. The van der Waals surface area contributed by atoms with Crippen molar-refractivity contribution >= 4 is 45.8 Å². The molecule has 0 radical (unpaired) electrons. The van der Waals surface area contributed by atoms with Gasteiger partial charge in [0.15, 0.2) is 0 Å². The van der Waals surface area contributed by atoms with Gasteiger partial charge in [-0.2, -0.15) is 0 Å². The molecule has 1 atom stereocenters. The molecule has 0 fully saturated rings. The molecule has 2 aromatic rings. The third-order valence-corrected chi connectivity index (χ3v) is 4.07. The van der Waals surface area contributed by atoms with Gasteiger partial charge < -0.3 is 0 Å². The quantitative estimate of drug-likeness (QED) is 0.482. The standard InChI is InChI=1S/C13H8Cl2FI/c14-9-3-1-8(2-4-9)13(15)11-6-5-10(16)7-12(11)17/h1-7,13H. The van der Waals surface area contributed by atoms with Gasteiger partial charge in [-0.3, -0.25) is 0 Å². The largest absolute Gasteiger partial charge is 0.207 e. The topological polar surface area (TPSA) is 0 Å². The van der Waals surface area contributed by atoms with E-state index in [-0.39, 0.29) is 11.2 Å². The SMILES string of the molecule is Fc1ccc(C(Cl)c2ccc(Cl)cc2)c(I)c1. The summed E-state index contributed by atoms with van der Waals surface area (Å²) in [5.41, 5.74) is 1.84. The van der Waals surface area contributed by atoms with Crippen LogP contribution in [0.4, 0.5) is 4.39 Å². The summed E-state index contributed by atoms with van der Waals surface area (Å²) in [5.74, 6) is -0.252. The molecular weight excluding hydrogens is 373 g/mol. The molecule has 0 aliphatic heterocycles. The molecule has 0 spiro atoms. The van der Waals surface area contributed by atoms with Crippen molar-refractivity contribution in [2.45, 2.75) is 5.38 Å². The van der Waals surface area contributed by atoms with Crippen molar-refractivity contribution in [3.63, 3.8) is 0 Å². The monoisotopic (exact) mass is 380 g/mol. The second kappa shape index (κ2) is 5.55. The van der Waals surface area contributed by atoms with Crippen molar-refractivity contribution in [1.82, 2.24) is 0 Å². The Morgan fingerprint density at radius 2 is 1.71 bits per heavy atom. The lowest BCUT2D eigenvalue weighted by Crippen LogP contribution is -1.96. The zero-order valence-electron chi connectivity index (χ0n) is 8.63. The molecule has 0 saturated carbocycles. The summed E-state index contributed by atoms with van der Waals surface area (Å²) >= 11 is 14.3. The molecular formula is C13H8Cl2FI. The van der Waals surface area contributed by atoms with Crippen molar-refractivity contribution in [2.75, 3.05) is 0 Å². The van der Waals surface area contributed by atoms with Crippen molar-refractivity contribution < 1.29 is 4.39 Å². The number of hydrogen-bond donors (Lipinski definition) is 0. The van der Waals surface area contributed by atoms with Crippen molar-refractivity contribution in [2.24, 2.45) is 0 Å². The van der Waals surface area contributed by atoms with E-state index in [2.05, 4.69) is 22.6 Å². The van der Waals surface area contributed by atoms with Crippen LogP contribution in [0.15, 0.2) is 42.5 Å². The van der Waals surface area contributed by atoms with Crippen LogP contribution in [0.5, 0.6) is 0 Å². The highest BCUT2D eigenvalue weighted by Crippen LogP contribution is 2.32. The van der Waals surface area contributed by atoms with Crippen molar-refractivity contribution in [3.05, 3.63) is 68.0 Å². The zero-order chi connectivity index (χ0) is 12.4. The summed E-state index contributed by atoms with van der Waals surface area (Å²) in [6.07, 6.45) is 0. The minimum Gasteiger partial charge on any atom is -0.207 e. The molecule has 88 valence electrons. The van der Waals surface area contributed by atoms with Gasteiger partial charge in [-0.05, 0) is 58.0 Å². The number of benzene rings is 2. The Morgan fingerprint density at radius 3 is 2.29 bits per heavy atom. The average molecular weight is 381 g/mol. The zero-order valence-corrected chi connectivity index (χ0v) is 12.3. The number of halogens is 4. The normalized spacial score (nSPS) is 12.5. The Hall–Kier alpha value is -0.320. The van der Waals surface area contributed by atoms with E-state index in [4.69, 9.17) is 23.2 Å². The molecule has 17 heavy (non-hydrogen) atoms. The maximum Gasteiger partial charge on any atom is 0.124 e. The van der Waals surface area contributed by atoms with E-state index in [0.717, 1.165) is 14.7 Å². The molecule has 0 heterocycles. The summed E-state index contributed by atoms with van der Waals surface area (Å²) in [7, 11) is 0. The number of alkyl halides is 1. The fraction of sp³-hybridized carbons (Fsp3) is 0.0769. The highest BCUT2D eigenvalue weighted by molar-refractivity contribution is 14.1. The van der Waals surface area contributed by atoms with Gasteiger partial charge in [-0.25, -0.2) is 4.39 Å². The van der Waals surface area contributed by atoms with Crippen LogP contribution >= 0.6 is 45.8 Å². The fourth-order valence-electron chi connectivity index (χ4n) is 1.52. The summed E-state index contributed by atoms with van der Waals surface area (Å²) in [5, 5.41) is 0.381. The number of hydrogen-bond acceptors (Lipinski definition) is 0. The van der Waals surface area contributed by atoms with Gasteiger partial charge in [0.25, 0.3) is 0 Å². The lowest BCUT2D eigenvalue weighted by atomic mass is 10.0. The molecule has 0 aliphatic carbocycles. The Kier molecular flexibility index (Phi) is 4.28. The van der Waals surface area contributed by atoms with Crippen LogP contribution in [0.25, 0.3) is 0 Å². The Morgan fingerprint density at radius 1 is 1.06 bits per heavy atom. The minimum atomic E-state index is -0.292. The average Bonchev–Trinajstić information content (AvgIpc) is 2.29. The molecule has 0 amide bonds. The molecule has 0 aromatic heterocycles. The van der Waals surface area contributed by atoms with Crippen molar-refractivity contribution in [1.29, 1.82) is 0 Å². The molecule has 0 aliphatic rings. The van der Waals surface area contributed by atoms with Crippen LogP contribution in [0.1, 0.15) is 16.5 Å². The molecule has 0 saturated heterocycles. The Bertz CT molecular complexity index is 525. The van der Waals surface area contributed by atoms with Gasteiger partial charge in [0, 0.05) is 8.59 Å². The van der Waals surface area contributed by atoms with Crippen LogP contribution in [-0.2, 0) is 0 Å². The Balaban J connectivity index is 2.36. The van der Waals surface area contributed by atoms with Crippen LogP contribution < -0.4 is 0 Å². The first kappa shape index (κ1) is 13.1. The second-order valence-corrected chi connectivity index (χ2v) is 5.62. The molecule has 2 aromatic carbocycles. The van der Waals surface area contributed by atoms with Gasteiger partial charge in [0.2, 0.25) is 0 Å². The molecule has 0 bridgehead atoms. The molecule has 1 unspecified atom stereocenters. The third kappa shape index (κ3) is 3.12. The fourth-order valence-corrected chi connectivity index (χ4v) is 2.95. The van der Waals surface area contributed by atoms with Gasteiger partial charge in [0.05, 0.1) is 5.38 Å². The summed E-state index contributed by atoms with van der Waals surface area (Å²) in [4.78, 5) is 0. The molecule has 2 rings (SSSR count). The second-order valence-electron chi connectivity index (χ2n) is 3.58. The lowest BCUT2D eigenvalue weighted by molar-refractivity contribution is 0.626. The van der Waals surface area contributed by atoms with Gasteiger partial charge in [0.1, 0.15) is 5.82 Å². The smallest absolute Gasteiger partial charge is 0.124 e. The first-order chi connectivity index (χ1) is 8.08. The highest BCUT2D eigenvalue weighted by atomic mass is 127. The third-order valence-electron chi connectivity index (χ3n) is 2.40. The molecule has 0 N–H and O–H groups in total. The minimum absolute atomic E-state index is 0.252. The molecule has 4 heteroatoms. The maximum absolute atomic E-state index is 13.0. The highest BCUT2D eigenvalue weighted by Gasteiger charge is 2.14. The van der Waals surface area contributed by atoms with Crippen LogP contribution in [0.2, 0.25) is 5.02 Å². The van der Waals surface area contributed by atoms with E-state index in [1.807, 2.05) is 12.1 Å². The van der Waals surface area contributed by atoms with E-state index < -0.39 is 0 Å². The lowest BCUT2D eigenvalue weighted by Gasteiger charge is -2.12. The molecule has 0 nitrogen and oxygen atoms in total. The van der Waals surface area contributed by atoms with Crippen molar-refractivity contribution in [3.8, 4) is 0 Å². The van der Waals surface area contributed by atoms with E-state index in [0.29, 0.717) is 5.02 Å². The van der Waals surface area contributed by atoms with Gasteiger partial charge in [-0.1, -0.05) is 29.8 Å². The van der Waals surface area contributed by atoms with Gasteiger partial charge in [-0.15, -0.1) is 11.6 Å². The summed E-state index contributed by atoms with van der Waals surface area (Å²) in [6.45, 7) is 0. The van der Waals surface area contributed by atoms with Gasteiger partial charge >= 0.3 is 0 Å². The predicted octanol–water partition coefficient (Wildman–Crippen LogP) is 5.41. The van der Waals surface area contributed by atoms with E-state index in [1.54, 1.807) is 18.2 Å². The first-order valence-electron chi connectivity index (χ1n) is 4.92. The van der Waals surface area contributed by atoms with E-state index in [1.165, 1.54) is 12.1 Å². The van der Waals surface area contributed by atoms with E-state index in [9.17, 15) is 4.39 Å². The predicted molar refractivity (Wildman–Crippen MR) is 78.3 cm³/mol.